The van der Waals surface area contributed by atoms with Gasteiger partial charge in [0.2, 0.25) is 0 Å². The van der Waals surface area contributed by atoms with Crippen LogP contribution in [0.1, 0.15) is 13.0 Å². The molecule has 0 amide bonds. The molecule has 0 aliphatic heterocycles. The Morgan fingerprint density at radius 1 is 1.47 bits per heavy atom. The third-order valence-corrected chi connectivity index (χ3v) is 2.42. The average molecular weight is 260 g/mol. The van der Waals surface area contributed by atoms with Crippen LogP contribution >= 0.6 is 11.6 Å². The van der Waals surface area contributed by atoms with E-state index in [4.69, 9.17) is 21.1 Å². The molecular weight excluding hydrogens is 246 g/mol. The molecule has 0 saturated heterocycles. The Bertz CT molecular complexity index is 443. The molecule has 1 unspecified atom stereocenters. The zero-order chi connectivity index (χ0) is 12.8. The Hall–Kier alpha value is -1.33. The third-order valence-electron chi connectivity index (χ3n) is 2.19. The Morgan fingerprint density at radius 2 is 2.18 bits per heavy atom. The molecule has 0 fully saturated rings. The first kappa shape index (κ1) is 13.7. The van der Waals surface area contributed by atoms with Crippen LogP contribution in [0.3, 0.4) is 0 Å². The number of carbonyl (C=O) groups excluding carboxylic acids is 1. The van der Waals surface area contributed by atoms with Crippen molar-refractivity contribution in [1.82, 2.24) is 4.57 Å². The number of methoxy groups -OCH3 is 1. The van der Waals surface area contributed by atoms with E-state index in [0.717, 1.165) is 0 Å². The minimum atomic E-state index is -0.710. The molecule has 0 aromatic carbocycles. The summed E-state index contributed by atoms with van der Waals surface area (Å²) in [7, 11) is 1.51. The zero-order valence-electron chi connectivity index (χ0n) is 9.68. The van der Waals surface area contributed by atoms with Gasteiger partial charge in [0.15, 0.2) is 0 Å². The van der Waals surface area contributed by atoms with Gasteiger partial charge >= 0.3 is 5.97 Å². The fraction of sp³-hybridized carbons (Fsp3) is 0.455. The lowest BCUT2D eigenvalue weighted by atomic mass is 10.3. The third kappa shape index (κ3) is 3.87. The quantitative estimate of drug-likeness (QED) is 0.590. The molecule has 17 heavy (non-hydrogen) atoms. The lowest BCUT2D eigenvalue weighted by molar-refractivity contribution is -0.148. The van der Waals surface area contributed by atoms with Crippen molar-refractivity contribution in [3.63, 3.8) is 0 Å². The van der Waals surface area contributed by atoms with Crippen LogP contribution in [-0.4, -0.2) is 30.9 Å². The van der Waals surface area contributed by atoms with Gasteiger partial charge in [-0.15, -0.1) is 0 Å². The lowest BCUT2D eigenvalue weighted by Gasteiger charge is -2.14. The molecule has 1 aromatic heterocycles. The first-order chi connectivity index (χ1) is 8.06. The number of halogens is 1. The van der Waals surface area contributed by atoms with Gasteiger partial charge in [0.05, 0.1) is 11.6 Å². The Labute approximate surface area is 104 Å². The number of carbonyl (C=O) groups is 1. The zero-order valence-corrected chi connectivity index (χ0v) is 10.4. The van der Waals surface area contributed by atoms with Gasteiger partial charge in [-0.25, -0.2) is 4.79 Å². The molecule has 0 saturated carbocycles. The van der Waals surface area contributed by atoms with E-state index in [9.17, 15) is 9.59 Å². The van der Waals surface area contributed by atoms with Crippen molar-refractivity contribution in [2.24, 2.45) is 0 Å². The molecule has 0 aliphatic rings. The van der Waals surface area contributed by atoms with E-state index in [1.54, 1.807) is 6.92 Å². The van der Waals surface area contributed by atoms with Crippen molar-refractivity contribution >= 4 is 17.6 Å². The van der Waals surface area contributed by atoms with Gasteiger partial charge < -0.3 is 14.0 Å². The van der Waals surface area contributed by atoms with Crippen molar-refractivity contribution in [3.8, 4) is 0 Å². The summed E-state index contributed by atoms with van der Waals surface area (Å²) in [6, 6.07) is 2.07. The summed E-state index contributed by atoms with van der Waals surface area (Å²) in [4.78, 5) is 23.1. The van der Waals surface area contributed by atoms with Crippen LogP contribution in [0.25, 0.3) is 0 Å². The van der Waals surface area contributed by atoms with Crippen molar-refractivity contribution in [2.75, 3.05) is 20.3 Å². The molecule has 1 rings (SSSR count). The largest absolute Gasteiger partial charge is 0.462 e. The summed E-state index contributed by atoms with van der Waals surface area (Å²) >= 11 is 5.76. The summed E-state index contributed by atoms with van der Waals surface area (Å²) < 4.78 is 10.9. The van der Waals surface area contributed by atoms with Crippen molar-refractivity contribution in [3.05, 3.63) is 33.7 Å². The van der Waals surface area contributed by atoms with Crippen LogP contribution in [0.5, 0.6) is 0 Å². The van der Waals surface area contributed by atoms with Crippen LogP contribution in [0.15, 0.2) is 23.1 Å². The molecule has 1 aromatic rings. The number of aromatic nitrogens is 1. The number of rotatable bonds is 5. The van der Waals surface area contributed by atoms with Crippen molar-refractivity contribution in [2.45, 2.75) is 13.0 Å². The molecule has 1 heterocycles. The number of hydrogen-bond acceptors (Lipinski definition) is 4. The van der Waals surface area contributed by atoms with E-state index < -0.39 is 12.0 Å². The standard InChI is InChI=1S/C11H14ClNO4/c1-8(11(15)17-6-5-16-2)13-7-9(12)3-4-10(13)14/h3-4,7-8H,5-6H2,1-2H3. The average Bonchev–Trinajstić information content (AvgIpc) is 2.31. The normalized spacial score (nSPS) is 12.2. The fourth-order valence-electron chi connectivity index (χ4n) is 1.24. The van der Waals surface area contributed by atoms with Crippen LogP contribution < -0.4 is 5.56 Å². The van der Waals surface area contributed by atoms with E-state index in [0.29, 0.717) is 11.6 Å². The second-order valence-corrected chi connectivity index (χ2v) is 3.87. The molecule has 0 aliphatic carbocycles. The number of ether oxygens (including phenoxy) is 2. The van der Waals surface area contributed by atoms with Crippen LogP contribution in [-0.2, 0) is 14.3 Å². The number of nitrogens with zero attached hydrogens (tertiary/aromatic N) is 1. The van der Waals surface area contributed by atoms with Gasteiger partial charge in [-0.3, -0.25) is 4.79 Å². The van der Waals surface area contributed by atoms with E-state index >= 15 is 0 Å². The van der Waals surface area contributed by atoms with E-state index in [1.165, 1.54) is 30.0 Å². The smallest absolute Gasteiger partial charge is 0.329 e. The molecule has 1 atom stereocenters. The van der Waals surface area contributed by atoms with Crippen molar-refractivity contribution in [1.29, 1.82) is 0 Å². The highest BCUT2D eigenvalue weighted by molar-refractivity contribution is 6.30. The minimum Gasteiger partial charge on any atom is -0.462 e. The molecule has 0 spiro atoms. The maximum absolute atomic E-state index is 11.6. The van der Waals surface area contributed by atoms with E-state index in [-0.39, 0.29) is 12.2 Å². The number of esters is 1. The van der Waals surface area contributed by atoms with Crippen molar-refractivity contribution < 1.29 is 14.3 Å². The summed E-state index contributed by atoms with van der Waals surface area (Å²) in [6.07, 6.45) is 1.41. The van der Waals surface area contributed by atoms with Gasteiger partial charge in [-0.05, 0) is 13.0 Å². The molecule has 0 radical (unpaired) electrons. The predicted molar refractivity (Wildman–Crippen MR) is 63.3 cm³/mol. The van der Waals surface area contributed by atoms with Gasteiger partial charge in [-0.2, -0.15) is 0 Å². The Kier molecular flexibility index (Phi) is 5.18. The van der Waals surface area contributed by atoms with Gasteiger partial charge in [0, 0.05) is 19.4 Å². The first-order valence-corrected chi connectivity index (χ1v) is 5.47. The summed E-state index contributed by atoms with van der Waals surface area (Å²) in [5.74, 6) is -0.494. The molecule has 94 valence electrons. The lowest BCUT2D eigenvalue weighted by Crippen LogP contribution is -2.29. The first-order valence-electron chi connectivity index (χ1n) is 5.09. The van der Waals surface area contributed by atoms with Crippen LogP contribution in [0, 0.1) is 0 Å². The van der Waals surface area contributed by atoms with Crippen LogP contribution in [0.2, 0.25) is 5.02 Å². The molecular formula is C11H14ClNO4. The molecule has 5 nitrogen and oxygen atoms in total. The highest BCUT2D eigenvalue weighted by atomic mass is 35.5. The van der Waals surface area contributed by atoms with E-state index in [1.807, 2.05) is 0 Å². The highest BCUT2D eigenvalue weighted by Crippen LogP contribution is 2.10. The van der Waals surface area contributed by atoms with Gasteiger partial charge in [0.1, 0.15) is 12.6 Å². The fourth-order valence-corrected chi connectivity index (χ4v) is 1.41. The SMILES string of the molecule is COCCOC(=O)C(C)n1cc(Cl)ccc1=O. The molecule has 0 N–H and O–H groups in total. The maximum Gasteiger partial charge on any atom is 0.329 e. The maximum atomic E-state index is 11.6. The number of hydrogen-bond donors (Lipinski definition) is 0. The second kappa shape index (κ2) is 6.42. The summed E-state index contributed by atoms with van der Waals surface area (Å²) in [5.41, 5.74) is -0.300. The molecule has 6 heteroatoms. The Balaban J connectivity index is 2.74. The van der Waals surface area contributed by atoms with Gasteiger partial charge in [-0.1, -0.05) is 11.6 Å². The monoisotopic (exact) mass is 259 g/mol. The van der Waals surface area contributed by atoms with E-state index in [2.05, 4.69) is 0 Å². The minimum absolute atomic E-state index is 0.162. The summed E-state index contributed by atoms with van der Waals surface area (Å²) in [5, 5.41) is 0.390. The predicted octanol–water partition coefficient (Wildman–Crippen LogP) is 1.25. The molecule has 0 bridgehead atoms. The van der Waals surface area contributed by atoms with Crippen LogP contribution in [0.4, 0.5) is 0 Å². The number of pyridine rings is 1. The highest BCUT2D eigenvalue weighted by Gasteiger charge is 2.17. The Morgan fingerprint density at radius 3 is 2.82 bits per heavy atom. The topological polar surface area (TPSA) is 57.5 Å². The second-order valence-electron chi connectivity index (χ2n) is 3.43. The summed E-state index contributed by atoms with van der Waals surface area (Å²) in [6.45, 7) is 2.06. The van der Waals surface area contributed by atoms with Gasteiger partial charge in [0.25, 0.3) is 5.56 Å².